The van der Waals surface area contributed by atoms with E-state index in [9.17, 15) is 0 Å². The van der Waals surface area contributed by atoms with E-state index >= 15 is 0 Å². The van der Waals surface area contributed by atoms with E-state index in [2.05, 4.69) is 22.4 Å². The molecule has 0 saturated heterocycles. The molecule has 0 saturated carbocycles. The van der Waals surface area contributed by atoms with Crippen LogP contribution in [0, 0.1) is 0 Å². The van der Waals surface area contributed by atoms with Crippen LogP contribution >= 0.6 is 0 Å². The van der Waals surface area contributed by atoms with Gasteiger partial charge in [0.2, 0.25) is 5.88 Å². The maximum Gasteiger partial charge on any atom is 0.221 e. The smallest absolute Gasteiger partial charge is 0.221 e. The lowest BCUT2D eigenvalue weighted by molar-refractivity contribution is 0.229. The highest BCUT2D eigenvalue weighted by Crippen LogP contribution is 2.39. The number of hydrogen-bond acceptors (Lipinski definition) is 4. The number of pyridine rings is 1. The molecule has 0 fully saturated rings. The molecule has 1 aliphatic heterocycles. The van der Waals surface area contributed by atoms with Crippen LogP contribution in [0.4, 0.5) is 5.69 Å². The predicted molar refractivity (Wildman–Crippen MR) is 85.0 cm³/mol. The molecule has 21 heavy (non-hydrogen) atoms. The van der Waals surface area contributed by atoms with Crippen molar-refractivity contribution in [2.75, 3.05) is 5.32 Å². The normalized spacial score (nSPS) is 17.0. The van der Waals surface area contributed by atoms with Crippen molar-refractivity contribution in [2.24, 2.45) is 4.99 Å². The number of benzene rings is 1. The van der Waals surface area contributed by atoms with E-state index in [0.29, 0.717) is 5.88 Å². The maximum absolute atomic E-state index is 5.88. The number of amidine groups is 1. The standard InChI is InChI=1S/C17H19N3O/c1-11(2)21-17-15-14(9-10-18-17)19-12(3)20-16(15)13-7-5-4-6-8-13/h4-11,16H,1-3H3,(H,19,20). The molecule has 4 heteroatoms. The Bertz CT molecular complexity index is 665. The molecule has 2 aromatic rings. The zero-order valence-corrected chi connectivity index (χ0v) is 12.5. The number of rotatable bonds is 3. The van der Waals surface area contributed by atoms with Gasteiger partial charge in [-0.3, -0.25) is 4.99 Å². The zero-order chi connectivity index (χ0) is 14.8. The van der Waals surface area contributed by atoms with E-state index < -0.39 is 0 Å². The number of fused-ring (bicyclic) bond motifs is 1. The second kappa shape index (κ2) is 5.56. The third-order valence-corrected chi connectivity index (χ3v) is 3.33. The lowest BCUT2D eigenvalue weighted by Gasteiger charge is -2.26. The molecule has 0 aliphatic carbocycles. The van der Waals surface area contributed by atoms with Crippen LogP contribution in [0.1, 0.15) is 37.9 Å². The predicted octanol–water partition coefficient (Wildman–Crippen LogP) is 3.80. The summed E-state index contributed by atoms with van der Waals surface area (Å²) in [5.41, 5.74) is 3.16. The number of aliphatic imine (C=N–C) groups is 1. The number of nitrogens with zero attached hydrogens (tertiary/aromatic N) is 2. The van der Waals surface area contributed by atoms with E-state index in [0.717, 1.165) is 22.6 Å². The van der Waals surface area contributed by atoms with Crippen molar-refractivity contribution in [3.8, 4) is 5.88 Å². The Labute approximate surface area is 124 Å². The number of hydrogen-bond donors (Lipinski definition) is 1. The molecular weight excluding hydrogens is 262 g/mol. The van der Waals surface area contributed by atoms with Crippen LogP contribution in [0.3, 0.4) is 0 Å². The molecule has 0 bridgehead atoms. The molecule has 4 nitrogen and oxygen atoms in total. The number of anilines is 1. The second-order valence-electron chi connectivity index (χ2n) is 5.40. The maximum atomic E-state index is 5.88. The minimum atomic E-state index is -0.0788. The molecular formula is C17H19N3O. The molecule has 1 unspecified atom stereocenters. The summed E-state index contributed by atoms with van der Waals surface area (Å²) >= 11 is 0. The highest BCUT2D eigenvalue weighted by atomic mass is 16.5. The molecule has 1 N–H and O–H groups in total. The van der Waals surface area contributed by atoms with Crippen LogP contribution < -0.4 is 10.1 Å². The van der Waals surface area contributed by atoms with Crippen LogP contribution in [0.5, 0.6) is 5.88 Å². The van der Waals surface area contributed by atoms with Crippen molar-refractivity contribution >= 4 is 11.5 Å². The molecule has 1 atom stereocenters. The minimum absolute atomic E-state index is 0.0763. The molecule has 1 aromatic carbocycles. The van der Waals surface area contributed by atoms with E-state index in [-0.39, 0.29) is 12.1 Å². The fraction of sp³-hybridized carbons (Fsp3) is 0.294. The highest BCUT2D eigenvalue weighted by molar-refractivity contribution is 5.96. The largest absolute Gasteiger partial charge is 0.475 e. The van der Waals surface area contributed by atoms with Gasteiger partial charge in [-0.1, -0.05) is 30.3 Å². The van der Waals surface area contributed by atoms with E-state index in [1.54, 1.807) is 6.20 Å². The van der Waals surface area contributed by atoms with Crippen LogP contribution in [0.25, 0.3) is 0 Å². The van der Waals surface area contributed by atoms with Gasteiger partial charge in [0, 0.05) is 6.20 Å². The van der Waals surface area contributed by atoms with Crippen molar-refractivity contribution in [1.82, 2.24) is 4.98 Å². The lowest BCUT2D eigenvalue weighted by Crippen LogP contribution is -2.20. The molecule has 2 heterocycles. The topological polar surface area (TPSA) is 46.5 Å². The summed E-state index contributed by atoms with van der Waals surface area (Å²) in [6, 6.07) is 12.1. The monoisotopic (exact) mass is 281 g/mol. The Hall–Kier alpha value is -2.36. The molecule has 1 aromatic heterocycles. The molecule has 0 radical (unpaired) electrons. The first kappa shape index (κ1) is 13.6. The first-order chi connectivity index (χ1) is 10.1. The Morgan fingerprint density at radius 2 is 1.90 bits per heavy atom. The van der Waals surface area contributed by atoms with Gasteiger partial charge in [-0.2, -0.15) is 0 Å². The van der Waals surface area contributed by atoms with Crippen molar-refractivity contribution < 1.29 is 4.74 Å². The Morgan fingerprint density at radius 3 is 2.62 bits per heavy atom. The number of aromatic nitrogens is 1. The van der Waals surface area contributed by atoms with Crippen molar-refractivity contribution in [2.45, 2.75) is 32.9 Å². The molecule has 1 aliphatic rings. The summed E-state index contributed by atoms with van der Waals surface area (Å²) in [5.74, 6) is 1.55. The van der Waals surface area contributed by atoms with Crippen LogP contribution in [-0.2, 0) is 0 Å². The molecule has 0 amide bonds. The van der Waals surface area contributed by atoms with Gasteiger partial charge in [0.25, 0.3) is 0 Å². The molecule has 0 spiro atoms. The van der Waals surface area contributed by atoms with Gasteiger partial charge in [-0.25, -0.2) is 4.98 Å². The van der Waals surface area contributed by atoms with Gasteiger partial charge in [0.05, 0.1) is 23.2 Å². The fourth-order valence-corrected chi connectivity index (χ4v) is 2.51. The van der Waals surface area contributed by atoms with Crippen molar-refractivity contribution in [3.63, 3.8) is 0 Å². The van der Waals surface area contributed by atoms with Crippen LogP contribution in [0.15, 0.2) is 47.6 Å². The first-order valence-electron chi connectivity index (χ1n) is 7.17. The van der Waals surface area contributed by atoms with Crippen LogP contribution in [0.2, 0.25) is 0 Å². The molecule has 3 rings (SSSR count). The summed E-state index contributed by atoms with van der Waals surface area (Å²) in [6.45, 7) is 5.98. The van der Waals surface area contributed by atoms with Gasteiger partial charge >= 0.3 is 0 Å². The van der Waals surface area contributed by atoms with Gasteiger partial charge in [0.1, 0.15) is 6.04 Å². The van der Waals surface area contributed by atoms with E-state index in [4.69, 9.17) is 9.73 Å². The Balaban J connectivity index is 2.12. The summed E-state index contributed by atoms with van der Waals surface area (Å²) < 4.78 is 5.88. The summed E-state index contributed by atoms with van der Waals surface area (Å²) in [5, 5.41) is 3.30. The quantitative estimate of drug-likeness (QED) is 0.930. The van der Waals surface area contributed by atoms with Crippen LogP contribution in [-0.4, -0.2) is 16.9 Å². The van der Waals surface area contributed by atoms with E-state index in [1.807, 2.05) is 45.0 Å². The average molecular weight is 281 g/mol. The minimum Gasteiger partial charge on any atom is -0.475 e. The van der Waals surface area contributed by atoms with Gasteiger partial charge < -0.3 is 10.1 Å². The first-order valence-corrected chi connectivity index (χ1v) is 7.17. The van der Waals surface area contributed by atoms with Crippen molar-refractivity contribution in [3.05, 3.63) is 53.7 Å². The van der Waals surface area contributed by atoms with Gasteiger partial charge in [-0.15, -0.1) is 0 Å². The summed E-state index contributed by atoms with van der Waals surface area (Å²) in [7, 11) is 0. The van der Waals surface area contributed by atoms with Gasteiger partial charge in [0.15, 0.2) is 0 Å². The average Bonchev–Trinajstić information content (AvgIpc) is 2.46. The second-order valence-corrected chi connectivity index (χ2v) is 5.40. The summed E-state index contributed by atoms with van der Waals surface area (Å²) in [6.07, 6.45) is 1.84. The SMILES string of the molecule is CC1=NC(c2ccccc2)c2c(ccnc2OC(C)C)N1. The number of ether oxygens (including phenoxy) is 1. The molecule has 108 valence electrons. The Morgan fingerprint density at radius 1 is 1.14 bits per heavy atom. The third kappa shape index (κ3) is 2.75. The van der Waals surface area contributed by atoms with Gasteiger partial charge in [-0.05, 0) is 32.4 Å². The third-order valence-electron chi connectivity index (χ3n) is 3.33. The summed E-state index contributed by atoms with van der Waals surface area (Å²) in [4.78, 5) is 9.15. The number of nitrogens with one attached hydrogen (secondary N) is 1. The highest BCUT2D eigenvalue weighted by Gasteiger charge is 2.26. The van der Waals surface area contributed by atoms with E-state index in [1.165, 1.54) is 0 Å². The van der Waals surface area contributed by atoms with Crippen molar-refractivity contribution in [1.29, 1.82) is 0 Å². The lowest BCUT2D eigenvalue weighted by atomic mass is 9.97. The Kier molecular flexibility index (Phi) is 3.60. The fourth-order valence-electron chi connectivity index (χ4n) is 2.51. The zero-order valence-electron chi connectivity index (χ0n) is 12.5.